The molecule has 0 radical (unpaired) electrons. The van der Waals surface area contributed by atoms with Gasteiger partial charge in [0, 0.05) is 10.3 Å². The first-order valence-electron chi connectivity index (χ1n) is 6.06. The summed E-state index contributed by atoms with van der Waals surface area (Å²) in [5, 5.41) is 2.90. The fraction of sp³-hybridized carbons (Fsp3) is 0.0625. The maximum absolute atomic E-state index is 14.0. The van der Waals surface area contributed by atoms with E-state index in [0.717, 1.165) is 10.1 Å². The molecule has 100 valence electrons. The van der Waals surface area contributed by atoms with E-state index in [1.165, 1.54) is 30.6 Å². The number of ketones is 1. The number of fused-ring (bicyclic) bond motifs is 1. The molecule has 0 bridgehead atoms. The van der Waals surface area contributed by atoms with Crippen molar-refractivity contribution < 1.29 is 13.9 Å². The Hall–Kier alpha value is -2.20. The summed E-state index contributed by atoms with van der Waals surface area (Å²) in [6.45, 7) is 0. The normalized spacial score (nSPS) is 10.7. The fourth-order valence-electron chi connectivity index (χ4n) is 2.20. The summed E-state index contributed by atoms with van der Waals surface area (Å²) in [5.74, 6) is -0.667. The van der Waals surface area contributed by atoms with E-state index in [2.05, 4.69) is 0 Å². The van der Waals surface area contributed by atoms with Crippen LogP contribution in [0.5, 0.6) is 5.75 Å². The zero-order chi connectivity index (χ0) is 14.1. The number of carbonyl (C=O) groups is 1. The summed E-state index contributed by atoms with van der Waals surface area (Å²) in [7, 11) is 1.43. The molecular weight excluding hydrogens is 275 g/mol. The van der Waals surface area contributed by atoms with Crippen LogP contribution in [0, 0.1) is 5.82 Å². The molecule has 4 heteroatoms. The first kappa shape index (κ1) is 12.8. The van der Waals surface area contributed by atoms with Gasteiger partial charge in [0.25, 0.3) is 0 Å². The molecule has 0 amide bonds. The van der Waals surface area contributed by atoms with Gasteiger partial charge in [-0.15, -0.1) is 11.3 Å². The summed E-state index contributed by atoms with van der Waals surface area (Å²) in [6.07, 6.45) is 0. The lowest BCUT2D eigenvalue weighted by atomic mass is 10.0. The average Bonchev–Trinajstić information content (AvgIpc) is 2.94. The molecule has 2 aromatic carbocycles. The monoisotopic (exact) mass is 286 g/mol. The molecule has 1 aromatic heterocycles. The Kier molecular flexibility index (Phi) is 3.24. The molecule has 0 fully saturated rings. The molecule has 0 aliphatic carbocycles. The number of benzene rings is 2. The number of methoxy groups -OCH3 is 1. The van der Waals surface area contributed by atoms with Crippen LogP contribution >= 0.6 is 11.3 Å². The quantitative estimate of drug-likeness (QED) is 0.672. The highest BCUT2D eigenvalue weighted by Gasteiger charge is 2.21. The second kappa shape index (κ2) is 5.06. The lowest BCUT2D eigenvalue weighted by Gasteiger charge is -2.09. The fourth-order valence-corrected chi connectivity index (χ4v) is 3.11. The van der Waals surface area contributed by atoms with E-state index in [-0.39, 0.29) is 17.1 Å². The van der Waals surface area contributed by atoms with E-state index in [1.54, 1.807) is 18.2 Å². The van der Waals surface area contributed by atoms with Gasteiger partial charge in [-0.1, -0.05) is 18.2 Å². The molecule has 0 atom stereocenters. The van der Waals surface area contributed by atoms with Gasteiger partial charge in [-0.25, -0.2) is 4.39 Å². The Bertz CT molecular complexity index is 792. The van der Waals surface area contributed by atoms with Crippen molar-refractivity contribution in [3.63, 3.8) is 0 Å². The molecule has 20 heavy (non-hydrogen) atoms. The van der Waals surface area contributed by atoms with E-state index in [9.17, 15) is 9.18 Å². The van der Waals surface area contributed by atoms with E-state index >= 15 is 0 Å². The third kappa shape index (κ3) is 1.98. The molecule has 0 aliphatic heterocycles. The second-order valence-electron chi connectivity index (χ2n) is 4.29. The van der Waals surface area contributed by atoms with Gasteiger partial charge in [0.15, 0.2) is 0 Å². The lowest BCUT2D eigenvalue weighted by Crippen LogP contribution is -2.07. The van der Waals surface area contributed by atoms with Crippen LogP contribution in [0.1, 0.15) is 15.9 Å². The maximum Gasteiger partial charge on any atom is 0.201 e. The number of rotatable bonds is 3. The van der Waals surface area contributed by atoms with Crippen molar-refractivity contribution in [2.24, 2.45) is 0 Å². The first-order chi connectivity index (χ1) is 9.72. The molecule has 0 spiro atoms. The number of ether oxygens (including phenoxy) is 1. The highest BCUT2D eigenvalue weighted by Crippen LogP contribution is 2.30. The minimum atomic E-state index is -0.567. The minimum Gasteiger partial charge on any atom is -0.496 e. The molecule has 3 aromatic rings. The Labute approximate surface area is 119 Å². The number of thiophene rings is 1. The molecule has 3 rings (SSSR count). The van der Waals surface area contributed by atoms with Gasteiger partial charge in [-0.05, 0) is 35.0 Å². The van der Waals surface area contributed by atoms with Crippen LogP contribution in [0.4, 0.5) is 4.39 Å². The van der Waals surface area contributed by atoms with Crippen LogP contribution in [-0.4, -0.2) is 12.9 Å². The highest BCUT2D eigenvalue weighted by molar-refractivity contribution is 7.17. The van der Waals surface area contributed by atoms with E-state index in [4.69, 9.17) is 4.74 Å². The van der Waals surface area contributed by atoms with E-state index in [0.29, 0.717) is 5.56 Å². The van der Waals surface area contributed by atoms with Gasteiger partial charge in [0.1, 0.15) is 17.1 Å². The van der Waals surface area contributed by atoms with Crippen molar-refractivity contribution >= 4 is 27.2 Å². The van der Waals surface area contributed by atoms with Gasteiger partial charge in [-0.3, -0.25) is 4.79 Å². The van der Waals surface area contributed by atoms with Crippen LogP contribution < -0.4 is 4.74 Å². The van der Waals surface area contributed by atoms with Crippen molar-refractivity contribution in [3.05, 3.63) is 64.8 Å². The molecule has 2 nitrogen and oxygen atoms in total. The number of hydrogen-bond acceptors (Lipinski definition) is 3. The summed E-state index contributed by atoms with van der Waals surface area (Å²) in [5.41, 5.74) is 0.483. The average molecular weight is 286 g/mol. The van der Waals surface area contributed by atoms with Crippen molar-refractivity contribution in [1.82, 2.24) is 0 Å². The Morgan fingerprint density at radius 1 is 1.15 bits per heavy atom. The highest BCUT2D eigenvalue weighted by atomic mass is 32.1. The predicted molar refractivity (Wildman–Crippen MR) is 78.2 cm³/mol. The smallest absolute Gasteiger partial charge is 0.201 e. The van der Waals surface area contributed by atoms with Crippen LogP contribution in [0.2, 0.25) is 0 Å². The number of carbonyl (C=O) groups excluding carboxylic acids is 1. The van der Waals surface area contributed by atoms with Crippen molar-refractivity contribution in [3.8, 4) is 5.75 Å². The van der Waals surface area contributed by atoms with Gasteiger partial charge >= 0.3 is 0 Å². The van der Waals surface area contributed by atoms with E-state index < -0.39 is 5.82 Å². The van der Waals surface area contributed by atoms with Gasteiger partial charge in [-0.2, -0.15) is 0 Å². The molecule has 0 aliphatic rings. The Morgan fingerprint density at radius 2 is 1.95 bits per heavy atom. The second-order valence-corrected chi connectivity index (χ2v) is 5.21. The van der Waals surface area contributed by atoms with Crippen molar-refractivity contribution in [2.45, 2.75) is 0 Å². The molecular formula is C16H11FO2S. The topological polar surface area (TPSA) is 26.3 Å². The first-order valence-corrected chi connectivity index (χ1v) is 6.94. The number of halogens is 1. The molecule has 0 saturated carbocycles. The third-order valence-corrected chi connectivity index (χ3v) is 4.11. The van der Waals surface area contributed by atoms with Crippen LogP contribution in [0.25, 0.3) is 10.1 Å². The zero-order valence-corrected chi connectivity index (χ0v) is 11.5. The third-order valence-electron chi connectivity index (χ3n) is 3.15. The van der Waals surface area contributed by atoms with Gasteiger partial charge < -0.3 is 4.74 Å². The summed E-state index contributed by atoms with van der Waals surface area (Å²) < 4.78 is 20.0. The van der Waals surface area contributed by atoms with Gasteiger partial charge in [0.2, 0.25) is 5.78 Å². The minimum absolute atomic E-state index is 0.0177. The molecule has 0 N–H and O–H groups in total. The molecule has 1 heterocycles. The molecule has 0 unspecified atom stereocenters. The number of hydrogen-bond donors (Lipinski definition) is 0. The Morgan fingerprint density at radius 3 is 2.75 bits per heavy atom. The van der Waals surface area contributed by atoms with Crippen molar-refractivity contribution in [2.75, 3.05) is 7.11 Å². The maximum atomic E-state index is 14.0. The lowest BCUT2D eigenvalue weighted by molar-refractivity contribution is 0.103. The van der Waals surface area contributed by atoms with Gasteiger partial charge in [0.05, 0.1) is 7.11 Å². The largest absolute Gasteiger partial charge is 0.496 e. The zero-order valence-electron chi connectivity index (χ0n) is 10.7. The SMILES string of the molecule is COc1cccc(F)c1C(=O)c1cccc2ccsc12. The summed E-state index contributed by atoms with van der Waals surface area (Å²) >= 11 is 1.47. The van der Waals surface area contributed by atoms with Crippen molar-refractivity contribution in [1.29, 1.82) is 0 Å². The predicted octanol–water partition coefficient (Wildman–Crippen LogP) is 4.28. The van der Waals surface area contributed by atoms with Crippen LogP contribution in [0.3, 0.4) is 0 Å². The molecule has 0 saturated heterocycles. The summed E-state index contributed by atoms with van der Waals surface area (Å²) in [6, 6.07) is 11.8. The van der Waals surface area contributed by atoms with Crippen LogP contribution in [0.15, 0.2) is 47.8 Å². The van der Waals surface area contributed by atoms with E-state index in [1.807, 2.05) is 17.5 Å². The Balaban J connectivity index is 2.21. The standard InChI is InChI=1S/C16H11FO2S/c1-19-13-7-3-6-12(17)14(13)15(18)11-5-2-4-10-8-9-20-16(10)11/h2-9H,1H3. The van der Waals surface area contributed by atoms with Crippen LogP contribution in [-0.2, 0) is 0 Å². The summed E-state index contributed by atoms with van der Waals surface area (Å²) in [4.78, 5) is 12.6.